The van der Waals surface area contributed by atoms with Crippen molar-refractivity contribution in [2.75, 3.05) is 17.3 Å². The highest BCUT2D eigenvalue weighted by Gasteiger charge is 2.45. The molecule has 0 bridgehead atoms. The van der Waals surface area contributed by atoms with Gasteiger partial charge in [-0.15, -0.1) is 0 Å². The van der Waals surface area contributed by atoms with E-state index in [1.54, 1.807) is 60.7 Å². The van der Waals surface area contributed by atoms with Crippen LogP contribution in [0.5, 0.6) is 5.75 Å². The molecule has 37 heavy (non-hydrogen) atoms. The Bertz CT molecular complexity index is 1570. The Morgan fingerprint density at radius 1 is 1.05 bits per heavy atom. The normalized spacial score (nSPS) is 15.4. The Labute approximate surface area is 216 Å². The van der Waals surface area contributed by atoms with Crippen molar-refractivity contribution in [1.29, 1.82) is 0 Å². The largest absolute Gasteiger partial charge is 0.503 e. The van der Waals surface area contributed by atoms with E-state index in [2.05, 4.69) is 5.32 Å². The van der Waals surface area contributed by atoms with Gasteiger partial charge < -0.3 is 19.6 Å². The number of anilines is 2. The van der Waals surface area contributed by atoms with Gasteiger partial charge in [0.2, 0.25) is 11.7 Å². The Kier molecular flexibility index (Phi) is 6.19. The van der Waals surface area contributed by atoms with E-state index in [4.69, 9.17) is 20.8 Å². The number of carbonyl (C=O) groups is 3. The van der Waals surface area contributed by atoms with Crippen LogP contribution in [-0.4, -0.2) is 29.8 Å². The van der Waals surface area contributed by atoms with E-state index >= 15 is 0 Å². The number of halogens is 1. The summed E-state index contributed by atoms with van der Waals surface area (Å²) in [5, 5.41) is 14.6. The number of hydrogen-bond acceptors (Lipinski definition) is 6. The first-order valence-electron chi connectivity index (χ1n) is 11.3. The Morgan fingerprint density at radius 3 is 2.41 bits per heavy atom. The van der Waals surface area contributed by atoms with Crippen molar-refractivity contribution in [2.24, 2.45) is 0 Å². The van der Waals surface area contributed by atoms with Crippen LogP contribution >= 0.6 is 11.6 Å². The minimum Gasteiger partial charge on any atom is -0.503 e. The number of furan rings is 1. The smallest absolute Gasteiger partial charge is 0.294 e. The van der Waals surface area contributed by atoms with Gasteiger partial charge in [-0.3, -0.25) is 19.3 Å². The number of rotatable bonds is 6. The Balaban J connectivity index is 1.61. The molecule has 0 spiro atoms. The van der Waals surface area contributed by atoms with Gasteiger partial charge in [-0.1, -0.05) is 41.9 Å². The third kappa shape index (κ3) is 4.32. The lowest BCUT2D eigenvalue weighted by Gasteiger charge is -2.27. The van der Waals surface area contributed by atoms with Gasteiger partial charge in [-0.2, -0.15) is 0 Å². The van der Waals surface area contributed by atoms with Crippen LogP contribution in [0.2, 0.25) is 5.02 Å². The van der Waals surface area contributed by atoms with E-state index in [0.717, 1.165) is 0 Å². The predicted molar refractivity (Wildman–Crippen MR) is 139 cm³/mol. The number of aliphatic hydroxyl groups excluding tert-OH is 1. The first kappa shape index (κ1) is 24.1. The van der Waals surface area contributed by atoms with Crippen LogP contribution in [0.1, 0.15) is 29.1 Å². The Morgan fingerprint density at radius 2 is 1.76 bits per heavy atom. The predicted octanol–water partition coefficient (Wildman–Crippen LogP) is 5.84. The summed E-state index contributed by atoms with van der Waals surface area (Å²) in [6.45, 7) is 1.39. The highest BCUT2D eigenvalue weighted by Crippen LogP contribution is 2.43. The highest BCUT2D eigenvalue weighted by atomic mass is 35.5. The average molecular weight is 517 g/mol. The van der Waals surface area contributed by atoms with Crippen LogP contribution < -0.4 is 15.0 Å². The second-order valence-corrected chi connectivity index (χ2v) is 8.88. The average Bonchev–Trinajstić information content (AvgIpc) is 3.43. The molecule has 1 aromatic heterocycles. The van der Waals surface area contributed by atoms with Crippen molar-refractivity contribution in [3.8, 4) is 5.75 Å². The van der Waals surface area contributed by atoms with Crippen LogP contribution in [0.4, 0.5) is 11.4 Å². The lowest BCUT2D eigenvalue weighted by atomic mass is 9.95. The second kappa shape index (κ2) is 9.48. The zero-order valence-electron chi connectivity index (χ0n) is 19.8. The molecule has 0 fully saturated rings. The first-order valence-corrected chi connectivity index (χ1v) is 11.7. The second-order valence-electron chi connectivity index (χ2n) is 8.44. The molecule has 2 heterocycles. The summed E-state index contributed by atoms with van der Waals surface area (Å²) in [7, 11) is 1.46. The maximum atomic E-state index is 13.8. The molecular formula is C28H21ClN2O6. The van der Waals surface area contributed by atoms with Crippen LogP contribution in [0.15, 0.2) is 88.5 Å². The van der Waals surface area contributed by atoms with Gasteiger partial charge in [0, 0.05) is 34.8 Å². The van der Waals surface area contributed by atoms with Crippen molar-refractivity contribution in [1.82, 2.24) is 0 Å². The van der Waals surface area contributed by atoms with Gasteiger partial charge in [0.15, 0.2) is 22.9 Å². The van der Waals surface area contributed by atoms with Crippen molar-refractivity contribution in [3.05, 3.63) is 100 Å². The van der Waals surface area contributed by atoms with E-state index in [9.17, 15) is 19.5 Å². The zero-order chi connectivity index (χ0) is 26.3. The number of carbonyl (C=O) groups excluding carboxylic acids is 3. The molecular weight excluding hydrogens is 496 g/mol. The summed E-state index contributed by atoms with van der Waals surface area (Å²) in [5.41, 5.74) is 1.79. The minimum absolute atomic E-state index is 0.0753. The molecule has 2 N–H and O–H groups in total. The molecule has 1 aliphatic rings. The van der Waals surface area contributed by atoms with Crippen molar-refractivity contribution >= 4 is 51.5 Å². The molecule has 0 saturated carbocycles. The summed E-state index contributed by atoms with van der Waals surface area (Å²) in [5.74, 6) is -2.01. The van der Waals surface area contributed by atoms with Crippen LogP contribution in [-0.2, 0) is 9.59 Å². The maximum Gasteiger partial charge on any atom is 0.294 e. The standard InChI is InChI=1S/C28H21ClN2O6/c1-15(32)30-19-8-10-20(11-9-19)31-24(16-6-4-3-5-7-16)23(26(34)28(31)35)25(33)21-13-17-12-18(29)14-22(36-2)27(17)37-21/h3-14,24,34H,1-2H3,(H,30,32). The lowest BCUT2D eigenvalue weighted by molar-refractivity contribution is -0.117. The maximum absolute atomic E-state index is 13.8. The lowest BCUT2D eigenvalue weighted by Crippen LogP contribution is -2.31. The summed E-state index contributed by atoms with van der Waals surface area (Å²) in [6, 6.07) is 19.2. The molecule has 5 rings (SSSR count). The molecule has 9 heteroatoms. The molecule has 4 aromatic rings. The van der Waals surface area contributed by atoms with Gasteiger partial charge in [-0.05, 0) is 42.0 Å². The number of amides is 2. The molecule has 186 valence electrons. The quantitative estimate of drug-likeness (QED) is 0.312. The molecule has 8 nitrogen and oxygen atoms in total. The number of nitrogens with zero attached hydrogens (tertiary/aromatic N) is 1. The van der Waals surface area contributed by atoms with Gasteiger partial charge in [-0.25, -0.2) is 0 Å². The van der Waals surface area contributed by atoms with E-state index in [1.165, 1.54) is 25.0 Å². The summed E-state index contributed by atoms with van der Waals surface area (Å²) < 4.78 is 11.2. The fourth-order valence-electron chi connectivity index (χ4n) is 4.45. The fourth-order valence-corrected chi connectivity index (χ4v) is 4.66. The van der Waals surface area contributed by atoms with E-state index in [0.29, 0.717) is 38.7 Å². The number of fused-ring (bicyclic) bond motifs is 1. The molecule has 0 saturated heterocycles. The van der Waals surface area contributed by atoms with Crippen LogP contribution in [0.25, 0.3) is 11.0 Å². The van der Waals surface area contributed by atoms with Crippen molar-refractivity contribution in [3.63, 3.8) is 0 Å². The molecule has 3 aromatic carbocycles. The number of methoxy groups -OCH3 is 1. The number of ether oxygens (including phenoxy) is 1. The summed E-state index contributed by atoms with van der Waals surface area (Å²) in [4.78, 5) is 39.9. The number of benzene rings is 3. The number of aliphatic hydroxyl groups is 1. The minimum atomic E-state index is -0.925. The van der Waals surface area contributed by atoms with Crippen molar-refractivity contribution in [2.45, 2.75) is 13.0 Å². The van der Waals surface area contributed by atoms with E-state index in [1.807, 2.05) is 6.07 Å². The molecule has 0 aliphatic carbocycles. The first-order chi connectivity index (χ1) is 17.8. The van der Waals surface area contributed by atoms with E-state index in [-0.39, 0.29) is 17.2 Å². The summed E-state index contributed by atoms with van der Waals surface area (Å²) in [6.07, 6.45) is 0. The number of hydrogen-bond donors (Lipinski definition) is 2. The molecule has 1 aliphatic heterocycles. The van der Waals surface area contributed by atoms with Gasteiger partial charge in [0.1, 0.15) is 0 Å². The molecule has 1 unspecified atom stereocenters. The zero-order valence-corrected chi connectivity index (χ0v) is 20.6. The fraction of sp³-hybridized carbons (Fsp3) is 0.107. The number of nitrogens with one attached hydrogen (secondary N) is 1. The number of ketones is 1. The Hall–Kier alpha value is -4.56. The van der Waals surface area contributed by atoms with Gasteiger partial charge in [0.25, 0.3) is 5.91 Å². The third-order valence-electron chi connectivity index (χ3n) is 6.02. The SMILES string of the molecule is COc1cc(Cl)cc2cc(C(=O)C3=C(O)C(=O)N(c4ccc(NC(C)=O)cc4)C3c3ccccc3)oc12. The van der Waals surface area contributed by atoms with Gasteiger partial charge in [0.05, 0.1) is 18.7 Å². The van der Waals surface area contributed by atoms with Crippen LogP contribution in [0, 0.1) is 0 Å². The van der Waals surface area contributed by atoms with E-state index < -0.39 is 23.5 Å². The number of Topliss-reactive ketones (excluding diaryl/α,β-unsaturated/α-hetero) is 1. The highest BCUT2D eigenvalue weighted by molar-refractivity contribution is 6.31. The molecule has 2 amide bonds. The van der Waals surface area contributed by atoms with Gasteiger partial charge >= 0.3 is 0 Å². The monoisotopic (exact) mass is 516 g/mol. The topological polar surface area (TPSA) is 109 Å². The molecule has 1 atom stereocenters. The van der Waals surface area contributed by atoms with Crippen molar-refractivity contribution < 1.29 is 28.6 Å². The van der Waals surface area contributed by atoms with Crippen LogP contribution in [0.3, 0.4) is 0 Å². The third-order valence-corrected chi connectivity index (χ3v) is 6.24. The summed E-state index contributed by atoms with van der Waals surface area (Å²) >= 11 is 6.16. The molecule has 0 radical (unpaired) electrons.